The first kappa shape index (κ1) is 17.9. The number of aromatic nitrogens is 2. The third kappa shape index (κ3) is 4.20. The van der Waals surface area contributed by atoms with Crippen LogP contribution in [0.4, 0.5) is 17.5 Å². The molecule has 3 rings (SSSR count). The highest BCUT2D eigenvalue weighted by Gasteiger charge is 2.10. The van der Waals surface area contributed by atoms with Crippen molar-refractivity contribution in [3.05, 3.63) is 76.5 Å². The number of nitrogens with one attached hydrogen (secondary N) is 1. The van der Waals surface area contributed by atoms with Crippen LogP contribution in [0, 0.1) is 27.7 Å². The number of hydrogen-bond acceptors (Lipinski definition) is 4. The molecule has 3 aromatic rings. The summed E-state index contributed by atoms with van der Waals surface area (Å²) in [5.74, 6) is 1.54. The predicted octanol–water partition coefficient (Wildman–Crippen LogP) is 5.09. The second kappa shape index (κ2) is 7.56. The Morgan fingerprint density at radius 1 is 0.885 bits per heavy atom. The van der Waals surface area contributed by atoms with Crippen molar-refractivity contribution in [2.45, 2.75) is 34.2 Å². The fourth-order valence-corrected chi connectivity index (χ4v) is 3.22. The zero-order chi connectivity index (χ0) is 18.7. The van der Waals surface area contributed by atoms with Gasteiger partial charge in [-0.05, 0) is 44.4 Å². The summed E-state index contributed by atoms with van der Waals surface area (Å²) in [6.45, 7) is 9.14. The minimum absolute atomic E-state index is 0.721. The van der Waals surface area contributed by atoms with Gasteiger partial charge >= 0.3 is 0 Å². The van der Waals surface area contributed by atoms with Crippen molar-refractivity contribution in [1.82, 2.24) is 9.97 Å². The van der Waals surface area contributed by atoms with Crippen LogP contribution in [-0.2, 0) is 6.54 Å². The lowest BCUT2D eigenvalue weighted by Gasteiger charge is -2.19. The van der Waals surface area contributed by atoms with E-state index in [1.165, 1.54) is 22.3 Å². The molecule has 2 aromatic carbocycles. The molecule has 0 bridgehead atoms. The molecule has 4 heteroatoms. The van der Waals surface area contributed by atoms with E-state index in [-0.39, 0.29) is 0 Å². The van der Waals surface area contributed by atoms with Crippen molar-refractivity contribution in [2.75, 3.05) is 17.3 Å². The van der Waals surface area contributed by atoms with Gasteiger partial charge < -0.3 is 10.2 Å². The van der Waals surface area contributed by atoms with Gasteiger partial charge in [-0.15, -0.1) is 0 Å². The molecule has 0 radical (unpaired) electrons. The number of benzene rings is 2. The molecule has 0 atom stereocenters. The van der Waals surface area contributed by atoms with E-state index in [0.29, 0.717) is 0 Å². The maximum Gasteiger partial charge on any atom is 0.227 e. The molecule has 134 valence electrons. The maximum atomic E-state index is 4.73. The highest BCUT2D eigenvalue weighted by molar-refractivity contribution is 5.66. The molecule has 0 aliphatic heterocycles. The van der Waals surface area contributed by atoms with E-state index in [0.717, 1.165) is 29.7 Å². The van der Waals surface area contributed by atoms with E-state index in [9.17, 15) is 0 Å². The zero-order valence-corrected chi connectivity index (χ0v) is 16.2. The van der Waals surface area contributed by atoms with Crippen LogP contribution in [-0.4, -0.2) is 17.0 Å². The van der Waals surface area contributed by atoms with Crippen molar-refractivity contribution in [3.63, 3.8) is 0 Å². The molecular formula is C22H26N4. The Balaban J connectivity index is 1.86. The lowest BCUT2D eigenvalue weighted by molar-refractivity contribution is 0.861. The summed E-state index contributed by atoms with van der Waals surface area (Å²) in [5.41, 5.74) is 7.01. The Labute approximate surface area is 155 Å². The summed E-state index contributed by atoms with van der Waals surface area (Å²) in [6, 6.07) is 16.7. The molecule has 0 saturated carbocycles. The summed E-state index contributed by atoms with van der Waals surface area (Å²) in [7, 11) is 2.02. The molecule has 0 saturated heterocycles. The largest absolute Gasteiger partial charge is 0.340 e. The van der Waals surface area contributed by atoms with Crippen molar-refractivity contribution < 1.29 is 0 Å². The minimum atomic E-state index is 0.721. The van der Waals surface area contributed by atoms with Gasteiger partial charge in [0.1, 0.15) is 5.82 Å². The van der Waals surface area contributed by atoms with Crippen LogP contribution >= 0.6 is 0 Å². The van der Waals surface area contributed by atoms with Crippen LogP contribution < -0.4 is 10.2 Å². The predicted molar refractivity (Wildman–Crippen MR) is 109 cm³/mol. The van der Waals surface area contributed by atoms with Crippen molar-refractivity contribution in [3.8, 4) is 0 Å². The zero-order valence-electron chi connectivity index (χ0n) is 16.2. The van der Waals surface area contributed by atoms with Crippen LogP contribution in [0.1, 0.15) is 27.9 Å². The molecule has 0 aliphatic rings. The standard InChI is InChI=1S/C22H26N4/c1-15-11-16(2)21(17(3)12-15)24-20-13-18(4)23-22(25-20)26(5)14-19-9-7-6-8-10-19/h6-13H,14H2,1-5H3,(H,23,24,25). The topological polar surface area (TPSA) is 41.1 Å². The lowest BCUT2D eigenvalue weighted by atomic mass is 10.1. The van der Waals surface area contributed by atoms with Crippen LogP contribution in [0.15, 0.2) is 48.5 Å². The fraction of sp³-hybridized carbons (Fsp3) is 0.273. The van der Waals surface area contributed by atoms with Gasteiger partial charge in [0.25, 0.3) is 0 Å². The quantitative estimate of drug-likeness (QED) is 0.698. The summed E-state index contributed by atoms with van der Waals surface area (Å²) in [4.78, 5) is 11.4. The SMILES string of the molecule is Cc1cc(C)c(Nc2cc(C)nc(N(C)Cc3ccccc3)n2)c(C)c1. The van der Waals surface area contributed by atoms with Crippen LogP contribution in [0.2, 0.25) is 0 Å². The third-order valence-electron chi connectivity index (χ3n) is 4.38. The third-order valence-corrected chi connectivity index (χ3v) is 4.38. The highest BCUT2D eigenvalue weighted by Crippen LogP contribution is 2.26. The van der Waals surface area contributed by atoms with E-state index >= 15 is 0 Å². The lowest BCUT2D eigenvalue weighted by Crippen LogP contribution is -2.20. The number of rotatable bonds is 5. The van der Waals surface area contributed by atoms with Crippen LogP contribution in [0.3, 0.4) is 0 Å². The average molecular weight is 346 g/mol. The Kier molecular flexibility index (Phi) is 5.21. The Hall–Kier alpha value is -2.88. The molecule has 1 aromatic heterocycles. The average Bonchev–Trinajstić information content (AvgIpc) is 2.58. The second-order valence-electron chi connectivity index (χ2n) is 6.93. The smallest absolute Gasteiger partial charge is 0.227 e. The maximum absolute atomic E-state index is 4.73. The van der Waals surface area contributed by atoms with Crippen LogP contribution in [0.5, 0.6) is 0 Å². The van der Waals surface area contributed by atoms with Crippen molar-refractivity contribution >= 4 is 17.5 Å². The summed E-state index contributed by atoms with van der Waals surface area (Å²) < 4.78 is 0. The number of anilines is 3. The van der Waals surface area contributed by atoms with Crippen molar-refractivity contribution in [1.29, 1.82) is 0 Å². The first-order chi connectivity index (χ1) is 12.4. The molecule has 1 N–H and O–H groups in total. The van der Waals surface area contributed by atoms with Crippen LogP contribution in [0.25, 0.3) is 0 Å². The molecule has 1 heterocycles. The molecule has 0 spiro atoms. The van der Waals surface area contributed by atoms with Crippen molar-refractivity contribution in [2.24, 2.45) is 0 Å². The van der Waals surface area contributed by atoms with Gasteiger partial charge in [0.05, 0.1) is 0 Å². The monoisotopic (exact) mass is 346 g/mol. The second-order valence-corrected chi connectivity index (χ2v) is 6.93. The van der Waals surface area contributed by atoms with E-state index in [4.69, 9.17) is 4.98 Å². The fourth-order valence-electron chi connectivity index (χ4n) is 3.22. The van der Waals surface area contributed by atoms with Gasteiger partial charge in [0.2, 0.25) is 5.95 Å². The number of nitrogens with zero attached hydrogens (tertiary/aromatic N) is 3. The van der Waals surface area contributed by atoms with E-state index in [1.807, 2.05) is 26.1 Å². The molecule has 0 amide bonds. The highest BCUT2D eigenvalue weighted by atomic mass is 15.2. The summed E-state index contributed by atoms with van der Waals surface area (Å²) in [5, 5.41) is 3.49. The molecule has 26 heavy (non-hydrogen) atoms. The van der Waals surface area contributed by atoms with E-state index in [1.54, 1.807) is 0 Å². The van der Waals surface area contributed by atoms with E-state index in [2.05, 4.69) is 72.4 Å². The first-order valence-corrected chi connectivity index (χ1v) is 8.88. The van der Waals surface area contributed by atoms with Gasteiger partial charge in [0.15, 0.2) is 0 Å². The molecule has 4 nitrogen and oxygen atoms in total. The Morgan fingerprint density at radius 3 is 2.19 bits per heavy atom. The molecule has 0 fully saturated rings. The minimum Gasteiger partial charge on any atom is -0.340 e. The number of aryl methyl sites for hydroxylation is 4. The molecule has 0 unspecified atom stereocenters. The normalized spacial score (nSPS) is 10.7. The van der Waals surface area contributed by atoms with Gasteiger partial charge in [-0.1, -0.05) is 48.0 Å². The Bertz CT molecular complexity index is 880. The van der Waals surface area contributed by atoms with Gasteiger partial charge in [0, 0.05) is 31.0 Å². The van der Waals surface area contributed by atoms with Gasteiger partial charge in [-0.3, -0.25) is 0 Å². The summed E-state index contributed by atoms with van der Waals surface area (Å²) >= 11 is 0. The summed E-state index contributed by atoms with van der Waals surface area (Å²) in [6.07, 6.45) is 0. The molecular weight excluding hydrogens is 320 g/mol. The Morgan fingerprint density at radius 2 is 1.54 bits per heavy atom. The van der Waals surface area contributed by atoms with E-state index < -0.39 is 0 Å². The van der Waals surface area contributed by atoms with Gasteiger partial charge in [-0.25, -0.2) is 4.98 Å². The van der Waals surface area contributed by atoms with Gasteiger partial charge in [-0.2, -0.15) is 4.98 Å². The molecule has 0 aliphatic carbocycles. The number of hydrogen-bond donors (Lipinski definition) is 1. The first-order valence-electron chi connectivity index (χ1n) is 8.88.